The van der Waals surface area contributed by atoms with Gasteiger partial charge in [-0.15, -0.1) is 0 Å². The van der Waals surface area contributed by atoms with E-state index in [-0.39, 0.29) is 30.1 Å². The van der Waals surface area contributed by atoms with Crippen molar-refractivity contribution in [2.24, 2.45) is 5.92 Å². The fourth-order valence-corrected chi connectivity index (χ4v) is 1.91. The van der Waals surface area contributed by atoms with E-state index in [2.05, 4.69) is 5.32 Å². The van der Waals surface area contributed by atoms with Crippen LogP contribution in [0.5, 0.6) is 0 Å². The zero-order chi connectivity index (χ0) is 15.1. The summed E-state index contributed by atoms with van der Waals surface area (Å²) >= 11 is 0. The molecule has 1 amide bonds. The molecular weight excluding hydrogens is 261 g/mol. The Morgan fingerprint density at radius 2 is 2.05 bits per heavy atom. The molecule has 2 N–H and O–H groups in total. The van der Waals surface area contributed by atoms with Crippen LogP contribution in [-0.2, 0) is 16.0 Å². The Morgan fingerprint density at radius 1 is 1.35 bits per heavy atom. The summed E-state index contributed by atoms with van der Waals surface area (Å²) < 4.78 is 13.0. The van der Waals surface area contributed by atoms with E-state index < -0.39 is 5.97 Å². The van der Waals surface area contributed by atoms with E-state index in [4.69, 9.17) is 5.11 Å². The van der Waals surface area contributed by atoms with Gasteiger partial charge in [-0.05, 0) is 37.5 Å². The average Bonchev–Trinajstić information content (AvgIpc) is 2.36. The summed E-state index contributed by atoms with van der Waals surface area (Å²) in [5.41, 5.74) is 0.769. The molecule has 4 nitrogen and oxygen atoms in total. The van der Waals surface area contributed by atoms with Crippen molar-refractivity contribution in [1.29, 1.82) is 0 Å². The Labute approximate surface area is 118 Å². The minimum atomic E-state index is -0.876. The number of aliphatic carboxylic acids is 1. The molecular formula is C15H20FNO3. The number of carboxylic acid groups (broad SMARTS) is 1. The van der Waals surface area contributed by atoms with E-state index in [1.54, 1.807) is 26.0 Å². The van der Waals surface area contributed by atoms with Gasteiger partial charge in [-0.1, -0.05) is 19.1 Å². The molecule has 0 aliphatic heterocycles. The first-order chi connectivity index (χ1) is 9.38. The van der Waals surface area contributed by atoms with Gasteiger partial charge in [0.05, 0.1) is 0 Å². The summed E-state index contributed by atoms with van der Waals surface area (Å²) in [5.74, 6) is -1.62. The van der Waals surface area contributed by atoms with Crippen molar-refractivity contribution >= 4 is 11.9 Å². The first-order valence-electron chi connectivity index (χ1n) is 6.65. The molecule has 0 heterocycles. The van der Waals surface area contributed by atoms with Gasteiger partial charge in [0.15, 0.2) is 0 Å². The number of carbonyl (C=O) groups is 2. The van der Waals surface area contributed by atoms with Crippen LogP contribution >= 0.6 is 0 Å². The number of rotatable bonds is 7. The Hall–Kier alpha value is -1.91. The highest BCUT2D eigenvalue weighted by Gasteiger charge is 2.16. The summed E-state index contributed by atoms with van der Waals surface area (Å²) in [7, 11) is 0. The van der Waals surface area contributed by atoms with Crippen molar-refractivity contribution in [2.45, 2.75) is 39.2 Å². The Morgan fingerprint density at radius 3 is 2.65 bits per heavy atom. The van der Waals surface area contributed by atoms with Crippen molar-refractivity contribution in [3.63, 3.8) is 0 Å². The summed E-state index contributed by atoms with van der Waals surface area (Å²) in [6, 6.07) is 5.99. The van der Waals surface area contributed by atoms with Gasteiger partial charge in [-0.2, -0.15) is 0 Å². The molecule has 0 spiro atoms. The molecule has 0 bridgehead atoms. The Balaban J connectivity index is 2.44. The van der Waals surface area contributed by atoms with Crippen LogP contribution in [0.25, 0.3) is 0 Å². The fraction of sp³-hybridized carbons (Fsp3) is 0.467. The molecule has 0 saturated carbocycles. The van der Waals surface area contributed by atoms with Gasteiger partial charge in [-0.3, -0.25) is 9.59 Å². The third-order valence-corrected chi connectivity index (χ3v) is 3.06. The molecule has 2 atom stereocenters. The van der Waals surface area contributed by atoms with E-state index >= 15 is 0 Å². The minimum Gasteiger partial charge on any atom is -0.481 e. The normalized spacial score (nSPS) is 13.6. The SMILES string of the molecule is CC(CCC(=O)O)NC(=O)C(C)Cc1cccc(F)c1. The van der Waals surface area contributed by atoms with Crippen LogP contribution in [0.1, 0.15) is 32.3 Å². The molecule has 1 aromatic rings. The second-order valence-electron chi connectivity index (χ2n) is 5.08. The van der Waals surface area contributed by atoms with Crippen LogP contribution in [0, 0.1) is 11.7 Å². The van der Waals surface area contributed by atoms with Gasteiger partial charge in [-0.25, -0.2) is 4.39 Å². The molecule has 2 unspecified atom stereocenters. The molecule has 110 valence electrons. The van der Waals surface area contributed by atoms with Gasteiger partial charge in [0.1, 0.15) is 5.82 Å². The van der Waals surface area contributed by atoms with Crippen LogP contribution in [0.3, 0.4) is 0 Å². The number of benzene rings is 1. The predicted molar refractivity (Wildman–Crippen MR) is 73.7 cm³/mol. The molecule has 0 radical (unpaired) electrons. The van der Waals surface area contributed by atoms with Crippen LogP contribution in [-0.4, -0.2) is 23.0 Å². The quantitative estimate of drug-likeness (QED) is 0.806. The summed E-state index contributed by atoms with van der Waals surface area (Å²) in [5, 5.41) is 11.4. The maximum Gasteiger partial charge on any atom is 0.303 e. The van der Waals surface area contributed by atoms with Crippen LogP contribution < -0.4 is 5.32 Å². The van der Waals surface area contributed by atoms with Crippen LogP contribution in [0.2, 0.25) is 0 Å². The lowest BCUT2D eigenvalue weighted by Gasteiger charge is -2.17. The maximum atomic E-state index is 13.0. The highest BCUT2D eigenvalue weighted by Crippen LogP contribution is 2.11. The predicted octanol–water partition coefficient (Wildman–Crippen LogP) is 2.37. The molecule has 0 aliphatic rings. The zero-order valence-electron chi connectivity index (χ0n) is 11.7. The third kappa shape index (κ3) is 5.82. The lowest BCUT2D eigenvalue weighted by atomic mass is 9.99. The topological polar surface area (TPSA) is 66.4 Å². The van der Waals surface area contributed by atoms with Crippen molar-refractivity contribution in [3.8, 4) is 0 Å². The minimum absolute atomic E-state index is 0.0275. The smallest absolute Gasteiger partial charge is 0.303 e. The van der Waals surface area contributed by atoms with Crippen molar-refractivity contribution in [3.05, 3.63) is 35.6 Å². The standard InChI is InChI=1S/C15H20FNO3/c1-10(8-12-4-3-5-13(16)9-12)15(20)17-11(2)6-7-14(18)19/h3-5,9-11H,6-8H2,1-2H3,(H,17,20)(H,18,19). The van der Waals surface area contributed by atoms with E-state index in [0.29, 0.717) is 12.8 Å². The van der Waals surface area contributed by atoms with E-state index in [1.807, 2.05) is 0 Å². The summed E-state index contributed by atoms with van der Waals surface area (Å²) in [6.07, 6.45) is 0.878. The summed E-state index contributed by atoms with van der Waals surface area (Å²) in [4.78, 5) is 22.4. The highest BCUT2D eigenvalue weighted by atomic mass is 19.1. The number of halogens is 1. The molecule has 20 heavy (non-hydrogen) atoms. The lowest BCUT2D eigenvalue weighted by molar-refractivity contribution is -0.137. The number of nitrogens with one attached hydrogen (secondary N) is 1. The largest absolute Gasteiger partial charge is 0.481 e. The van der Waals surface area contributed by atoms with Crippen molar-refractivity contribution in [1.82, 2.24) is 5.32 Å². The van der Waals surface area contributed by atoms with Crippen molar-refractivity contribution in [2.75, 3.05) is 0 Å². The molecule has 0 fully saturated rings. The molecule has 0 aromatic heterocycles. The van der Waals surface area contributed by atoms with Gasteiger partial charge >= 0.3 is 5.97 Å². The van der Waals surface area contributed by atoms with E-state index in [9.17, 15) is 14.0 Å². The highest BCUT2D eigenvalue weighted by molar-refractivity contribution is 5.79. The van der Waals surface area contributed by atoms with Gasteiger partial charge < -0.3 is 10.4 Å². The number of carbonyl (C=O) groups excluding carboxylic acids is 1. The summed E-state index contributed by atoms with van der Waals surface area (Å²) in [6.45, 7) is 3.54. The molecule has 0 aliphatic carbocycles. The first kappa shape index (κ1) is 16.1. The third-order valence-electron chi connectivity index (χ3n) is 3.06. The maximum absolute atomic E-state index is 13.0. The van der Waals surface area contributed by atoms with Crippen molar-refractivity contribution < 1.29 is 19.1 Å². The number of hydrogen-bond donors (Lipinski definition) is 2. The number of carboxylic acids is 1. The second kappa shape index (κ2) is 7.62. The van der Waals surface area contributed by atoms with Gasteiger partial charge in [0.2, 0.25) is 5.91 Å². The number of amides is 1. The van der Waals surface area contributed by atoms with Gasteiger partial charge in [0.25, 0.3) is 0 Å². The molecule has 1 rings (SSSR count). The monoisotopic (exact) mass is 281 g/mol. The molecule has 0 saturated heterocycles. The van der Waals surface area contributed by atoms with Crippen LogP contribution in [0.4, 0.5) is 4.39 Å². The average molecular weight is 281 g/mol. The fourth-order valence-electron chi connectivity index (χ4n) is 1.91. The van der Waals surface area contributed by atoms with E-state index in [0.717, 1.165) is 5.56 Å². The second-order valence-corrected chi connectivity index (χ2v) is 5.08. The zero-order valence-corrected chi connectivity index (χ0v) is 11.7. The first-order valence-corrected chi connectivity index (χ1v) is 6.65. The van der Waals surface area contributed by atoms with Crippen LogP contribution in [0.15, 0.2) is 24.3 Å². The Kier molecular flexibility index (Phi) is 6.15. The molecule has 1 aromatic carbocycles. The lowest BCUT2D eigenvalue weighted by Crippen LogP contribution is -2.37. The number of hydrogen-bond acceptors (Lipinski definition) is 2. The van der Waals surface area contributed by atoms with E-state index in [1.165, 1.54) is 12.1 Å². The van der Waals surface area contributed by atoms with Gasteiger partial charge in [0, 0.05) is 18.4 Å². The Bertz CT molecular complexity index is 476. The molecule has 5 heteroatoms.